The van der Waals surface area contributed by atoms with Gasteiger partial charge in [-0.15, -0.1) is 11.3 Å². The van der Waals surface area contributed by atoms with Crippen LogP contribution >= 0.6 is 27.3 Å². The summed E-state index contributed by atoms with van der Waals surface area (Å²) < 4.78 is 2.20. The van der Waals surface area contributed by atoms with E-state index in [1.165, 1.54) is 30.8 Å². The molecule has 3 rings (SSSR count). The first kappa shape index (κ1) is 11.5. The molecule has 0 bridgehead atoms. The number of rotatable bonds is 2. The van der Waals surface area contributed by atoms with Crippen molar-refractivity contribution in [2.24, 2.45) is 0 Å². The predicted octanol–water partition coefficient (Wildman–Crippen LogP) is 3.67. The van der Waals surface area contributed by atoms with Crippen molar-refractivity contribution in [2.45, 2.75) is 37.6 Å². The molecule has 0 amide bonds. The Morgan fingerprint density at radius 3 is 3.18 bits per heavy atom. The summed E-state index contributed by atoms with van der Waals surface area (Å²) in [6, 6.07) is 0.617. The van der Waals surface area contributed by atoms with Crippen LogP contribution in [-0.4, -0.2) is 22.0 Å². The van der Waals surface area contributed by atoms with Crippen molar-refractivity contribution >= 4 is 38.0 Å². The molecule has 0 aromatic carbocycles. The number of nitrogens with zero attached hydrogens (tertiary/aromatic N) is 3. The number of thiazole rings is 1. The van der Waals surface area contributed by atoms with Crippen LogP contribution in [0.1, 0.15) is 31.9 Å². The first-order chi connectivity index (χ1) is 8.31. The maximum absolute atomic E-state index is 4.80. The smallest absolute Gasteiger partial charge is 0.195 e. The van der Waals surface area contributed by atoms with Crippen LogP contribution in [0.5, 0.6) is 0 Å². The summed E-state index contributed by atoms with van der Waals surface area (Å²) in [6.45, 7) is 3.45. The average Bonchev–Trinajstić information content (AvgIpc) is 2.89. The number of aromatic nitrogens is 2. The SMILES string of the molecule is CC1CCCCN1c1nc2sccn2c1CBr. The molecule has 3 heterocycles. The quantitative estimate of drug-likeness (QED) is 0.789. The number of halogens is 1. The third-order valence-electron chi connectivity index (χ3n) is 3.54. The highest BCUT2D eigenvalue weighted by Crippen LogP contribution is 2.30. The fourth-order valence-corrected chi connectivity index (χ4v) is 3.84. The summed E-state index contributed by atoms with van der Waals surface area (Å²) in [5, 5.41) is 2.96. The van der Waals surface area contributed by atoms with E-state index >= 15 is 0 Å². The molecular weight excluding hydrogens is 298 g/mol. The maximum Gasteiger partial charge on any atom is 0.195 e. The van der Waals surface area contributed by atoms with Gasteiger partial charge < -0.3 is 4.90 Å². The van der Waals surface area contributed by atoms with Gasteiger partial charge in [-0.05, 0) is 26.2 Å². The standard InChI is InChI=1S/C12H16BrN3S/c1-9-4-2-3-5-15(9)11-10(8-13)16-6-7-17-12(16)14-11/h6-7,9H,2-5,8H2,1H3. The van der Waals surface area contributed by atoms with Gasteiger partial charge in [0.15, 0.2) is 10.8 Å². The number of alkyl halides is 1. The highest BCUT2D eigenvalue weighted by Gasteiger charge is 2.24. The van der Waals surface area contributed by atoms with Gasteiger partial charge in [0.25, 0.3) is 0 Å². The van der Waals surface area contributed by atoms with Crippen molar-refractivity contribution in [3.63, 3.8) is 0 Å². The average molecular weight is 314 g/mol. The lowest BCUT2D eigenvalue weighted by Gasteiger charge is -2.34. The fourth-order valence-electron chi connectivity index (χ4n) is 2.59. The largest absolute Gasteiger partial charge is 0.352 e. The van der Waals surface area contributed by atoms with E-state index in [0.717, 1.165) is 16.8 Å². The number of hydrogen-bond donors (Lipinski definition) is 0. The third kappa shape index (κ3) is 1.89. The van der Waals surface area contributed by atoms with Gasteiger partial charge in [-0.3, -0.25) is 4.40 Å². The monoisotopic (exact) mass is 313 g/mol. The van der Waals surface area contributed by atoms with Gasteiger partial charge in [0.1, 0.15) is 0 Å². The van der Waals surface area contributed by atoms with Crippen LogP contribution in [0.4, 0.5) is 5.82 Å². The van der Waals surface area contributed by atoms with Gasteiger partial charge in [-0.1, -0.05) is 15.9 Å². The molecule has 1 unspecified atom stereocenters. The molecule has 1 atom stereocenters. The van der Waals surface area contributed by atoms with Gasteiger partial charge in [-0.25, -0.2) is 4.98 Å². The normalized spacial score (nSPS) is 21.3. The topological polar surface area (TPSA) is 20.5 Å². The van der Waals surface area contributed by atoms with Crippen LogP contribution in [0.2, 0.25) is 0 Å². The number of hydrogen-bond acceptors (Lipinski definition) is 3. The third-order valence-corrected chi connectivity index (χ3v) is 4.83. The van der Waals surface area contributed by atoms with Crippen molar-refractivity contribution in [2.75, 3.05) is 11.4 Å². The Morgan fingerprint density at radius 1 is 1.53 bits per heavy atom. The molecular formula is C12H16BrN3S. The van der Waals surface area contributed by atoms with E-state index in [9.17, 15) is 0 Å². The number of imidazole rings is 1. The number of anilines is 1. The zero-order chi connectivity index (χ0) is 11.8. The molecule has 1 aliphatic rings. The Labute approximate surface area is 114 Å². The molecule has 3 nitrogen and oxygen atoms in total. The number of fused-ring (bicyclic) bond motifs is 1. The molecule has 92 valence electrons. The zero-order valence-electron chi connectivity index (χ0n) is 9.90. The van der Waals surface area contributed by atoms with Crippen LogP contribution in [-0.2, 0) is 5.33 Å². The Kier molecular flexibility index (Phi) is 3.13. The Bertz CT molecular complexity index is 519. The Hall–Kier alpha value is -0.550. The van der Waals surface area contributed by atoms with Gasteiger partial charge >= 0.3 is 0 Å². The highest BCUT2D eigenvalue weighted by molar-refractivity contribution is 9.08. The zero-order valence-corrected chi connectivity index (χ0v) is 12.3. The van der Waals surface area contributed by atoms with Crippen LogP contribution in [0.3, 0.4) is 0 Å². The van der Waals surface area contributed by atoms with Crippen LogP contribution in [0, 0.1) is 0 Å². The van der Waals surface area contributed by atoms with Crippen molar-refractivity contribution in [1.29, 1.82) is 0 Å². The second-order valence-electron chi connectivity index (χ2n) is 4.61. The van der Waals surface area contributed by atoms with Crippen molar-refractivity contribution in [3.8, 4) is 0 Å². The Balaban J connectivity index is 2.05. The molecule has 17 heavy (non-hydrogen) atoms. The Morgan fingerprint density at radius 2 is 2.41 bits per heavy atom. The lowest BCUT2D eigenvalue weighted by molar-refractivity contribution is 0.481. The first-order valence-corrected chi connectivity index (χ1v) is 8.08. The highest BCUT2D eigenvalue weighted by atomic mass is 79.9. The second kappa shape index (κ2) is 4.61. The minimum atomic E-state index is 0.617. The molecule has 5 heteroatoms. The lowest BCUT2D eigenvalue weighted by atomic mass is 10.0. The summed E-state index contributed by atoms with van der Waals surface area (Å²) in [4.78, 5) is 8.37. The molecule has 0 N–H and O–H groups in total. The van der Waals surface area contributed by atoms with Crippen LogP contribution < -0.4 is 4.90 Å². The van der Waals surface area contributed by atoms with Crippen molar-refractivity contribution in [1.82, 2.24) is 9.38 Å². The number of piperidine rings is 1. The van der Waals surface area contributed by atoms with E-state index in [1.54, 1.807) is 11.3 Å². The van der Waals surface area contributed by atoms with Crippen molar-refractivity contribution < 1.29 is 0 Å². The fraction of sp³-hybridized carbons (Fsp3) is 0.583. The molecule has 2 aromatic heterocycles. The molecule has 0 aliphatic carbocycles. The predicted molar refractivity (Wildman–Crippen MR) is 76.4 cm³/mol. The molecule has 0 radical (unpaired) electrons. The van der Waals surface area contributed by atoms with Gasteiger partial charge in [0.2, 0.25) is 0 Å². The summed E-state index contributed by atoms with van der Waals surface area (Å²) in [6.07, 6.45) is 6.04. The minimum Gasteiger partial charge on any atom is -0.352 e. The molecule has 0 saturated carbocycles. The van der Waals surface area contributed by atoms with Crippen LogP contribution in [0.15, 0.2) is 11.6 Å². The van der Waals surface area contributed by atoms with E-state index in [-0.39, 0.29) is 0 Å². The summed E-state index contributed by atoms with van der Waals surface area (Å²) >= 11 is 5.30. The van der Waals surface area contributed by atoms with E-state index in [2.05, 4.69) is 43.7 Å². The van der Waals surface area contributed by atoms with Crippen molar-refractivity contribution in [3.05, 3.63) is 17.3 Å². The summed E-state index contributed by atoms with van der Waals surface area (Å²) in [5.74, 6) is 1.18. The van der Waals surface area contributed by atoms with Gasteiger partial charge in [0, 0.05) is 29.5 Å². The molecule has 1 saturated heterocycles. The van der Waals surface area contributed by atoms with E-state index in [0.29, 0.717) is 6.04 Å². The second-order valence-corrected chi connectivity index (χ2v) is 6.04. The van der Waals surface area contributed by atoms with E-state index in [1.807, 2.05) is 0 Å². The lowest BCUT2D eigenvalue weighted by Crippen LogP contribution is -2.38. The molecule has 1 fully saturated rings. The van der Waals surface area contributed by atoms with E-state index < -0.39 is 0 Å². The van der Waals surface area contributed by atoms with Crippen LogP contribution in [0.25, 0.3) is 4.96 Å². The maximum atomic E-state index is 4.80. The summed E-state index contributed by atoms with van der Waals surface area (Å²) in [7, 11) is 0. The van der Waals surface area contributed by atoms with E-state index in [4.69, 9.17) is 4.98 Å². The minimum absolute atomic E-state index is 0.617. The molecule has 0 spiro atoms. The summed E-state index contributed by atoms with van der Waals surface area (Å²) in [5.41, 5.74) is 1.29. The molecule has 2 aromatic rings. The first-order valence-electron chi connectivity index (χ1n) is 6.08. The van der Waals surface area contributed by atoms with Gasteiger partial charge in [0.05, 0.1) is 5.69 Å². The van der Waals surface area contributed by atoms with Gasteiger partial charge in [-0.2, -0.15) is 0 Å². The molecule has 1 aliphatic heterocycles.